The summed E-state index contributed by atoms with van der Waals surface area (Å²) in [5.41, 5.74) is 2.34. The third-order valence-corrected chi connectivity index (χ3v) is 4.05. The minimum absolute atomic E-state index is 0.0434. The van der Waals surface area contributed by atoms with Crippen LogP contribution in [0.2, 0.25) is 0 Å². The molecule has 1 fully saturated rings. The van der Waals surface area contributed by atoms with Crippen molar-refractivity contribution in [2.24, 2.45) is 0 Å². The molecule has 5 nitrogen and oxygen atoms in total. The summed E-state index contributed by atoms with van der Waals surface area (Å²) in [7, 11) is 0. The van der Waals surface area contributed by atoms with E-state index in [0.29, 0.717) is 17.9 Å². The Morgan fingerprint density at radius 2 is 1.96 bits per heavy atom. The maximum atomic E-state index is 12.4. The van der Waals surface area contributed by atoms with Gasteiger partial charge in [-0.25, -0.2) is 4.98 Å². The third kappa shape index (κ3) is 2.65. The molecule has 0 unspecified atom stereocenters. The number of likely N-dealkylation sites (tertiary alicyclic amines) is 1. The van der Waals surface area contributed by atoms with Crippen molar-refractivity contribution < 1.29 is 9.53 Å². The highest BCUT2D eigenvalue weighted by atomic mass is 16.5. The Labute approximate surface area is 134 Å². The Kier molecular flexibility index (Phi) is 3.46. The van der Waals surface area contributed by atoms with E-state index in [0.717, 1.165) is 30.9 Å². The molecule has 0 saturated carbocycles. The summed E-state index contributed by atoms with van der Waals surface area (Å²) in [6, 6.07) is 13.3. The molecule has 0 aliphatic carbocycles. The minimum atomic E-state index is 0.0434. The Bertz CT molecular complexity index is 819. The highest BCUT2D eigenvalue weighted by Crippen LogP contribution is 2.23. The van der Waals surface area contributed by atoms with Crippen LogP contribution in [0, 0.1) is 0 Å². The number of para-hydroxylation sites is 1. The zero-order chi connectivity index (χ0) is 15.6. The number of pyridine rings is 1. The number of benzene rings is 1. The Morgan fingerprint density at radius 3 is 2.74 bits per heavy atom. The molecule has 2 aromatic heterocycles. The predicted octanol–water partition coefficient (Wildman–Crippen LogP) is 2.76. The van der Waals surface area contributed by atoms with Crippen LogP contribution in [0.3, 0.4) is 0 Å². The minimum Gasteiger partial charge on any atom is -0.486 e. The van der Waals surface area contributed by atoms with E-state index < -0.39 is 0 Å². The van der Waals surface area contributed by atoms with Gasteiger partial charge in [0.05, 0.1) is 11.3 Å². The fourth-order valence-electron chi connectivity index (χ4n) is 2.67. The lowest BCUT2D eigenvalue weighted by Crippen LogP contribution is -2.42. The van der Waals surface area contributed by atoms with Crippen LogP contribution < -0.4 is 4.74 Å². The highest BCUT2D eigenvalue weighted by molar-refractivity contribution is 5.97. The van der Waals surface area contributed by atoms with Crippen molar-refractivity contribution in [1.82, 2.24) is 14.3 Å². The van der Waals surface area contributed by atoms with E-state index >= 15 is 0 Å². The van der Waals surface area contributed by atoms with Crippen molar-refractivity contribution in [3.8, 4) is 5.75 Å². The van der Waals surface area contributed by atoms with E-state index in [2.05, 4.69) is 4.98 Å². The van der Waals surface area contributed by atoms with Gasteiger partial charge in [0, 0.05) is 25.5 Å². The molecular weight excluding hydrogens is 290 g/mol. The number of hydrogen-bond acceptors (Lipinski definition) is 3. The maximum Gasteiger partial charge on any atom is 0.257 e. The van der Waals surface area contributed by atoms with Gasteiger partial charge in [-0.2, -0.15) is 0 Å². The van der Waals surface area contributed by atoms with Crippen LogP contribution in [0.5, 0.6) is 5.75 Å². The zero-order valence-corrected chi connectivity index (χ0v) is 12.7. The fraction of sp³-hybridized carbons (Fsp3) is 0.222. The average Bonchev–Trinajstić information content (AvgIpc) is 2.94. The van der Waals surface area contributed by atoms with Crippen molar-refractivity contribution >= 4 is 11.6 Å². The van der Waals surface area contributed by atoms with E-state index in [1.54, 1.807) is 0 Å². The Morgan fingerprint density at radius 1 is 1.13 bits per heavy atom. The van der Waals surface area contributed by atoms with Gasteiger partial charge in [0.15, 0.2) is 0 Å². The molecule has 1 aromatic carbocycles. The molecule has 4 rings (SSSR count). The number of carbonyl (C=O) groups excluding carboxylic acids is 1. The number of carbonyl (C=O) groups is 1. The summed E-state index contributed by atoms with van der Waals surface area (Å²) in [6.07, 6.45) is 4.97. The number of imidazole rings is 1. The van der Waals surface area contributed by atoms with Gasteiger partial charge in [-0.15, -0.1) is 0 Å². The van der Waals surface area contributed by atoms with Crippen LogP contribution in [-0.2, 0) is 6.61 Å². The van der Waals surface area contributed by atoms with Crippen molar-refractivity contribution in [2.45, 2.75) is 13.0 Å². The monoisotopic (exact) mass is 307 g/mol. The van der Waals surface area contributed by atoms with Gasteiger partial charge >= 0.3 is 0 Å². The van der Waals surface area contributed by atoms with Gasteiger partial charge in [-0.1, -0.05) is 18.2 Å². The lowest BCUT2D eigenvalue weighted by molar-refractivity contribution is 0.0647. The van der Waals surface area contributed by atoms with Crippen molar-refractivity contribution in [1.29, 1.82) is 0 Å². The van der Waals surface area contributed by atoms with Crippen molar-refractivity contribution in [3.05, 3.63) is 66.1 Å². The largest absolute Gasteiger partial charge is 0.486 e. The van der Waals surface area contributed by atoms with Gasteiger partial charge in [-0.3, -0.25) is 4.79 Å². The quantitative estimate of drug-likeness (QED) is 0.744. The van der Waals surface area contributed by atoms with E-state index in [1.165, 1.54) is 0 Å². The van der Waals surface area contributed by atoms with E-state index in [4.69, 9.17) is 4.74 Å². The molecule has 3 heterocycles. The van der Waals surface area contributed by atoms with Gasteiger partial charge < -0.3 is 14.0 Å². The average molecular weight is 307 g/mol. The first-order valence-corrected chi connectivity index (χ1v) is 7.75. The number of ether oxygens (including phenoxy) is 1. The molecule has 23 heavy (non-hydrogen) atoms. The number of aromatic nitrogens is 2. The first-order valence-electron chi connectivity index (χ1n) is 7.75. The zero-order valence-electron chi connectivity index (χ0n) is 12.7. The standard InChI is InChI=1S/C18H17N3O2/c22-18(20-10-5-11-20)15-6-1-2-7-16(15)23-13-14-12-21-9-4-3-8-17(21)19-14/h1-4,6-9,12H,5,10-11,13H2. The summed E-state index contributed by atoms with van der Waals surface area (Å²) in [5, 5.41) is 0. The molecule has 0 atom stereocenters. The van der Waals surface area contributed by atoms with Crippen molar-refractivity contribution in [3.63, 3.8) is 0 Å². The molecule has 0 N–H and O–H groups in total. The second-order valence-corrected chi connectivity index (χ2v) is 5.63. The second kappa shape index (κ2) is 5.76. The molecule has 1 aliphatic heterocycles. The maximum absolute atomic E-state index is 12.4. The van der Waals surface area contributed by atoms with Gasteiger partial charge in [0.25, 0.3) is 5.91 Å². The Hall–Kier alpha value is -2.82. The lowest BCUT2D eigenvalue weighted by atomic mass is 10.1. The summed E-state index contributed by atoms with van der Waals surface area (Å²) in [4.78, 5) is 18.8. The summed E-state index contributed by atoms with van der Waals surface area (Å²) in [6.45, 7) is 2.01. The van der Waals surface area contributed by atoms with E-state index in [-0.39, 0.29) is 5.91 Å². The summed E-state index contributed by atoms with van der Waals surface area (Å²) < 4.78 is 7.82. The smallest absolute Gasteiger partial charge is 0.257 e. The van der Waals surface area contributed by atoms with Crippen LogP contribution >= 0.6 is 0 Å². The molecule has 5 heteroatoms. The predicted molar refractivity (Wildman–Crippen MR) is 86.5 cm³/mol. The number of fused-ring (bicyclic) bond motifs is 1. The van der Waals surface area contributed by atoms with E-state index in [1.807, 2.05) is 64.2 Å². The first-order chi connectivity index (χ1) is 11.3. The summed E-state index contributed by atoms with van der Waals surface area (Å²) >= 11 is 0. The number of rotatable bonds is 4. The molecule has 116 valence electrons. The van der Waals surface area contributed by atoms with Crippen LogP contribution in [-0.4, -0.2) is 33.3 Å². The van der Waals surface area contributed by atoms with E-state index in [9.17, 15) is 4.79 Å². The number of hydrogen-bond donors (Lipinski definition) is 0. The lowest BCUT2D eigenvalue weighted by Gasteiger charge is -2.31. The van der Waals surface area contributed by atoms with Crippen LogP contribution in [0.25, 0.3) is 5.65 Å². The summed E-state index contributed by atoms with van der Waals surface area (Å²) in [5.74, 6) is 0.656. The SMILES string of the molecule is O=C(c1ccccc1OCc1cn2ccccc2n1)N1CCC1. The first kappa shape index (κ1) is 13.8. The number of amides is 1. The number of nitrogens with zero attached hydrogens (tertiary/aromatic N) is 3. The molecule has 0 bridgehead atoms. The van der Waals surface area contributed by atoms with Gasteiger partial charge in [0.1, 0.15) is 18.0 Å². The molecule has 1 aliphatic rings. The second-order valence-electron chi connectivity index (χ2n) is 5.63. The van der Waals surface area contributed by atoms with Crippen LogP contribution in [0.1, 0.15) is 22.5 Å². The molecule has 0 radical (unpaired) electrons. The van der Waals surface area contributed by atoms with Crippen molar-refractivity contribution in [2.75, 3.05) is 13.1 Å². The third-order valence-electron chi connectivity index (χ3n) is 4.05. The Balaban J connectivity index is 1.53. The topological polar surface area (TPSA) is 46.8 Å². The normalized spacial score (nSPS) is 13.8. The highest BCUT2D eigenvalue weighted by Gasteiger charge is 2.24. The molecular formula is C18H17N3O2. The van der Waals surface area contributed by atoms with Gasteiger partial charge in [-0.05, 0) is 30.7 Å². The molecule has 1 amide bonds. The fourth-order valence-corrected chi connectivity index (χ4v) is 2.67. The van der Waals surface area contributed by atoms with Crippen LogP contribution in [0.15, 0.2) is 54.9 Å². The molecule has 0 spiro atoms. The van der Waals surface area contributed by atoms with Gasteiger partial charge in [0.2, 0.25) is 0 Å². The van der Waals surface area contributed by atoms with Crippen LogP contribution in [0.4, 0.5) is 0 Å². The molecule has 1 saturated heterocycles. The molecule has 3 aromatic rings.